The lowest BCUT2D eigenvalue weighted by Crippen LogP contribution is -2.58. The number of carbonyl (C=O) groups is 1. The van der Waals surface area contributed by atoms with E-state index in [1.54, 1.807) is 0 Å². The Hall–Kier alpha value is -0.650. The number of likely N-dealkylation sites (N-methyl/N-ethyl adjacent to an activating group) is 1. The van der Waals surface area contributed by atoms with Crippen LogP contribution in [0.1, 0.15) is 40.5 Å². The molecule has 3 unspecified atom stereocenters. The molecule has 0 aromatic carbocycles. The lowest BCUT2D eigenvalue weighted by molar-refractivity contribution is -0.145. The van der Waals surface area contributed by atoms with E-state index >= 15 is 0 Å². The fourth-order valence-electron chi connectivity index (χ4n) is 3.15. The summed E-state index contributed by atoms with van der Waals surface area (Å²) in [7, 11) is 2.14. The molecule has 0 saturated carbocycles. The third kappa shape index (κ3) is 4.43. The van der Waals surface area contributed by atoms with Crippen LogP contribution in [0.2, 0.25) is 0 Å². The fourth-order valence-corrected chi connectivity index (χ4v) is 3.15. The van der Waals surface area contributed by atoms with Crippen LogP contribution in [0.15, 0.2) is 0 Å². The first-order valence-corrected chi connectivity index (χ1v) is 7.73. The molecule has 3 atom stereocenters. The van der Waals surface area contributed by atoms with E-state index in [4.69, 9.17) is 0 Å². The molecule has 2 N–H and O–H groups in total. The van der Waals surface area contributed by atoms with Crippen LogP contribution in [-0.4, -0.2) is 71.7 Å². The molecule has 0 aromatic rings. The van der Waals surface area contributed by atoms with Crippen molar-refractivity contribution in [3.8, 4) is 0 Å². The number of aliphatic carboxylic acids is 1. The number of carboxylic acids is 1. The van der Waals surface area contributed by atoms with Crippen LogP contribution in [0.25, 0.3) is 0 Å². The van der Waals surface area contributed by atoms with Gasteiger partial charge in [0.05, 0.1) is 0 Å². The highest BCUT2D eigenvalue weighted by atomic mass is 16.4. The second-order valence-electron chi connectivity index (χ2n) is 6.47. The van der Waals surface area contributed by atoms with Crippen molar-refractivity contribution in [1.29, 1.82) is 0 Å². The maximum Gasteiger partial charge on any atom is 0.323 e. The molecule has 20 heavy (non-hydrogen) atoms. The summed E-state index contributed by atoms with van der Waals surface area (Å²) in [6, 6.07) is 0.747. The van der Waals surface area contributed by atoms with E-state index in [2.05, 4.69) is 42.9 Å². The van der Waals surface area contributed by atoms with Crippen LogP contribution in [0.4, 0.5) is 0 Å². The van der Waals surface area contributed by atoms with E-state index in [1.165, 1.54) is 0 Å². The summed E-state index contributed by atoms with van der Waals surface area (Å²) < 4.78 is 0. The van der Waals surface area contributed by atoms with Gasteiger partial charge in [-0.15, -0.1) is 0 Å². The average Bonchev–Trinajstić information content (AvgIpc) is 2.35. The molecule has 0 amide bonds. The van der Waals surface area contributed by atoms with E-state index in [9.17, 15) is 9.90 Å². The van der Waals surface area contributed by atoms with Gasteiger partial charge in [0.25, 0.3) is 0 Å². The molecule has 0 aromatic heterocycles. The number of nitrogens with one attached hydrogen (secondary N) is 1. The number of hydrogen-bond acceptors (Lipinski definition) is 4. The second kappa shape index (κ2) is 7.38. The van der Waals surface area contributed by atoms with Gasteiger partial charge in [0.2, 0.25) is 0 Å². The lowest BCUT2D eigenvalue weighted by atomic mass is 9.91. The van der Waals surface area contributed by atoms with Gasteiger partial charge in [-0.3, -0.25) is 9.69 Å². The second-order valence-corrected chi connectivity index (χ2v) is 6.47. The highest BCUT2D eigenvalue weighted by Crippen LogP contribution is 2.21. The summed E-state index contributed by atoms with van der Waals surface area (Å²) in [6.45, 7) is 12.1. The van der Waals surface area contributed by atoms with Gasteiger partial charge in [0.15, 0.2) is 0 Å². The number of carboxylic acid groups (broad SMARTS) is 1. The SMILES string of the molecule is CCCNC(C)(CC(C)N1CCN(C)CC1C)C(=O)O. The fraction of sp³-hybridized carbons (Fsp3) is 0.933. The number of rotatable bonds is 7. The summed E-state index contributed by atoms with van der Waals surface area (Å²) in [5, 5.41) is 12.7. The number of piperazine rings is 1. The molecule has 118 valence electrons. The van der Waals surface area contributed by atoms with Gasteiger partial charge in [-0.25, -0.2) is 0 Å². The Kier molecular flexibility index (Phi) is 6.43. The molecule has 1 rings (SSSR count). The predicted molar refractivity (Wildman–Crippen MR) is 82.1 cm³/mol. The first-order valence-electron chi connectivity index (χ1n) is 7.73. The molecule has 1 saturated heterocycles. The Morgan fingerprint density at radius 3 is 2.65 bits per heavy atom. The van der Waals surface area contributed by atoms with Crippen LogP contribution in [0.3, 0.4) is 0 Å². The quantitative estimate of drug-likeness (QED) is 0.737. The molecule has 0 radical (unpaired) electrons. The minimum atomic E-state index is -0.835. The third-order valence-corrected chi connectivity index (χ3v) is 4.39. The van der Waals surface area contributed by atoms with Crippen LogP contribution < -0.4 is 5.32 Å². The monoisotopic (exact) mass is 285 g/mol. The Labute approximate surface area is 123 Å². The van der Waals surface area contributed by atoms with Crippen LogP contribution in [-0.2, 0) is 4.79 Å². The van der Waals surface area contributed by atoms with Crippen molar-refractivity contribution in [2.45, 2.75) is 58.2 Å². The number of nitrogens with zero attached hydrogens (tertiary/aromatic N) is 2. The molecule has 1 heterocycles. The van der Waals surface area contributed by atoms with Crippen LogP contribution >= 0.6 is 0 Å². The summed E-state index contributed by atoms with van der Waals surface area (Å²) in [6.07, 6.45) is 1.58. The smallest absolute Gasteiger partial charge is 0.323 e. The zero-order valence-electron chi connectivity index (χ0n) is 13.6. The van der Waals surface area contributed by atoms with Crippen molar-refractivity contribution in [3.63, 3.8) is 0 Å². The van der Waals surface area contributed by atoms with Gasteiger partial charge in [0.1, 0.15) is 5.54 Å². The van der Waals surface area contributed by atoms with Gasteiger partial charge in [0, 0.05) is 31.7 Å². The Balaban J connectivity index is 2.65. The van der Waals surface area contributed by atoms with E-state index in [1.807, 2.05) is 6.92 Å². The van der Waals surface area contributed by atoms with Crippen molar-refractivity contribution in [1.82, 2.24) is 15.1 Å². The summed E-state index contributed by atoms with van der Waals surface area (Å²) in [5.74, 6) is -0.750. The molecule has 1 aliphatic rings. The van der Waals surface area contributed by atoms with E-state index in [0.717, 1.165) is 32.6 Å². The maximum absolute atomic E-state index is 11.6. The van der Waals surface area contributed by atoms with E-state index in [0.29, 0.717) is 12.5 Å². The van der Waals surface area contributed by atoms with Crippen LogP contribution in [0, 0.1) is 0 Å². The standard InChI is InChI=1S/C15H31N3O2/c1-6-7-16-15(4,14(19)20)10-12(2)18-9-8-17(5)11-13(18)3/h12-13,16H,6-11H2,1-5H3,(H,19,20). The van der Waals surface area contributed by atoms with Crippen molar-refractivity contribution >= 4 is 5.97 Å². The third-order valence-electron chi connectivity index (χ3n) is 4.39. The first-order chi connectivity index (χ1) is 9.30. The predicted octanol–water partition coefficient (Wildman–Crippen LogP) is 1.24. The topological polar surface area (TPSA) is 55.8 Å². The molecule has 1 aliphatic heterocycles. The van der Waals surface area contributed by atoms with E-state index < -0.39 is 11.5 Å². The normalized spacial score (nSPS) is 26.1. The molecular weight excluding hydrogens is 254 g/mol. The highest BCUT2D eigenvalue weighted by molar-refractivity contribution is 5.78. The molecule has 0 aliphatic carbocycles. The average molecular weight is 285 g/mol. The van der Waals surface area contributed by atoms with Gasteiger partial charge >= 0.3 is 5.97 Å². The van der Waals surface area contributed by atoms with Gasteiger partial charge in [-0.1, -0.05) is 6.92 Å². The maximum atomic E-state index is 11.6. The van der Waals surface area contributed by atoms with Crippen molar-refractivity contribution in [2.75, 3.05) is 33.2 Å². The summed E-state index contributed by atoms with van der Waals surface area (Å²) >= 11 is 0. The molecule has 1 fully saturated rings. The summed E-state index contributed by atoms with van der Waals surface area (Å²) in [5.41, 5.74) is -0.835. The Morgan fingerprint density at radius 2 is 2.15 bits per heavy atom. The zero-order chi connectivity index (χ0) is 15.3. The molecule has 5 heteroatoms. The van der Waals surface area contributed by atoms with Crippen molar-refractivity contribution in [3.05, 3.63) is 0 Å². The van der Waals surface area contributed by atoms with Gasteiger partial charge < -0.3 is 15.3 Å². The van der Waals surface area contributed by atoms with Gasteiger partial charge in [-0.2, -0.15) is 0 Å². The largest absolute Gasteiger partial charge is 0.480 e. The Bertz CT molecular complexity index is 324. The molecule has 0 bridgehead atoms. The van der Waals surface area contributed by atoms with Gasteiger partial charge in [-0.05, 0) is 47.2 Å². The highest BCUT2D eigenvalue weighted by Gasteiger charge is 2.37. The van der Waals surface area contributed by atoms with Crippen LogP contribution in [0.5, 0.6) is 0 Å². The zero-order valence-corrected chi connectivity index (χ0v) is 13.6. The molecule has 0 spiro atoms. The molecular formula is C15H31N3O2. The first kappa shape index (κ1) is 17.4. The summed E-state index contributed by atoms with van der Waals surface area (Å²) in [4.78, 5) is 16.4. The minimum Gasteiger partial charge on any atom is -0.480 e. The minimum absolute atomic E-state index is 0.268. The Morgan fingerprint density at radius 1 is 1.50 bits per heavy atom. The van der Waals surface area contributed by atoms with Crippen molar-refractivity contribution < 1.29 is 9.90 Å². The molecule has 5 nitrogen and oxygen atoms in total. The number of hydrogen-bond donors (Lipinski definition) is 2. The lowest BCUT2D eigenvalue weighted by Gasteiger charge is -2.43. The van der Waals surface area contributed by atoms with Crippen molar-refractivity contribution in [2.24, 2.45) is 0 Å². The van der Waals surface area contributed by atoms with E-state index in [-0.39, 0.29) is 6.04 Å².